The van der Waals surface area contributed by atoms with Crippen LogP contribution in [0.2, 0.25) is 5.02 Å². The first-order valence-corrected chi connectivity index (χ1v) is 4.04. The van der Waals surface area contributed by atoms with Gasteiger partial charge in [0, 0.05) is 5.56 Å². The van der Waals surface area contributed by atoms with Crippen LogP contribution >= 0.6 is 11.6 Å². The van der Waals surface area contributed by atoms with Gasteiger partial charge in [-0.3, -0.25) is 0 Å². The summed E-state index contributed by atoms with van der Waals surface area (Å²) < 4.78 is 50.3. The summed E-state index contributed by atoms with van der Waals surface area (Å²) in [7, 11) is 0. The van der Waals surface area contributed by atoms with Gasteiger partial charge in [-0.25, -0.2) is 4.39 Å². The van der Waals surface area contributed by atoms with Crippen molar-refractivity contribution in [2.24, 2.45) is 10.9 Å². The van der Waals surface area contributed by atoms with Crippen LogP contribution in [0.25, 0.3) is 0 Å². The number of nitrogens with zero attached hydrogens (tertiary/aromatic N) is 1. The molecule has 0 bridgehead atoms. The second-order valence-electron chi connectivity index (χ2n) is 2.60. The van der Waals surface area contributed by atoms with Crippen molar-refractivity contribution in [3.63, 3.8) is 0 Å². The van der Waals surface area contributed by atoms with Crippen LogP contribution in [0.3, 0.4) is 0 Å². The number of hydrogen-bond acceptors (Lipinski definition) is 2. The summed E-state index contributed by atoms with van der Waals surface area (Å²) in [4.78, 5) is 0. The number of benzene rings is 1. The smallest absolute Gasteiger partial charge is 0.323 e. The summed E-state index contributed by atoms with van der Waals surface area (Å²) in [5.41, 5.74) is -1.93. The van der Waals surface area contributed by atoms with Gasteiger partial charge in [-0.2, -0.15) is 18.3 Å². The molecule has 2 nitrogen and oxygen atoms in total. The van der Waals surface area contributed by atoms with Crippen LogP contribution in [0.1, 0.15) is 11.1 Å². The summed E-state index contributed by atoms with van der Waals surface area (Å²) >= 11 is 5.33. The van der Waals surface area contributed by atoms with Gasteiger partial charge >= 0.3 is 6.18 Å². The van der Waals surface area contributed by atoms with E-state index in [2.05, 4.69) is 10.9 Å². The summed E-state index contributed by atoms with van der Waals surface area (Å²) in [6, 6.07) is 1.50. The Morgan fingerprint density at radius 2 is 1.93 bits per heavy atom. The number of rotatable bonds is 1. The molecule has 0 amide bonds. The molecule has 2 N–H and O–H groups in total. The molecule has 82 valence electrons. The van der Waals surface area contributed by atoms with Gasteiger partial charge in [0.1, 0.15) is 0 Å². The SMILES string of the molecule is NN=Cc1c(C(F)(F)F)ccc(Cl)c1F. The van der Waals surface area contributed by atoms with Crippen molar-refractivity contribution in [2.75, 3.05) is 0 Å². The topological polar surface area (TPSA) is 38.4 Å². The fourth-order valence-corrected chi connectivity index (χ4v) is 1.18. The Kier molecular flexibility index (Phi) is 3.18. The number of nitrogens with two attached hydrogens (primary N) is 1. The highest BCUT2D eigenvalue weighted by Crippen LogP contribution is 2.34. The van der Waals surface area contributed by atoms with Crippen LogP contribution < -0.4 is 5.84 Å². The van der Waals surface area contributed by atoms with E-state index in [4.69, 9.17) is 11.6 Å². The number of hydrazone groups is 1. The van der Waals surface area contributed by atoms with Crippen LogP contribution in [0.4, 0.5) is 17.6 Å². The zero-order valence-electron chi connectivity index (χ0n) is 7.15. The lowest BCUT2D eigenvalue weighted by Gasteiger charge is -2.10. The quantitative estimate of drug-likeness (QED) is 0.349. The zero-order valence-corrected chi connectivity index (χ0v) is 7.90. The first-order chi connectivity index (χ1) is 6.88. The second-order valence-corrected chi connectivity index (χ2v) is 3.01. The van der Waals surface area contributed by atoms with Crippen molar-refractivity contribution < 1.29 is 17.6 Å². The van der Waals surface area contributed by atoms with Gasteiger partial charge in [-0.05, 0) is 12.1 Å². The van der Waals surface area contributed by atoms with Crippen LogP contribution in [-0.2, 0) is 6.18 Å². The van der Waals surface area contributed by atoms with E-state index in [0.29, 0.717) is 12.3 Å². The molecule has 0 spiro atoms. The van der Waals surface area contributed by atoms with E-state index in [1.54, 1.807) is 0 Å². The molecule has 0 heterocycles. The predicted octanol–water partition coefficient (Wildman–Crippen LogP) is 2.79. The van der Waals surface area contributed by atoms with Gasteiger partial charge in [-0.15, -0.1) is 0 Å². The Morgan fingerprint density at radius 1 is 1.33 bits per heavy atom. The first kappa shape index (κ1) is 11.8. The molecule has 1 rings (SSSR count). The first-order valence-electron chi connectivity index (χ1n) is 3.66. The third-order valence-corrected chi connectivity index (χ3v) is 1.93. The summed E-state index contributed by atoms with van der Waals surface area (Å²) in [5.74, 6) is 3.49. The van der Waals surface area contributed by atoms with Gasteiger partial charge in [0.2, 0.25) is 0 Å². The average molecular weight is 241 g/mol. The Labute approximate surface area is 87.3 Å². The molecule has 0 aliphatic carbocycles. The van der Waals surface area contributed by atoms with E-state index in [1.807, 2.05) is 0 Å². The van der Waals surface area contributed by atoms with Crippen LogP contribution in [0, 0.1) is 5.82 Å². The Hall–Kier alpha value is -1.30. The maximum Gasteiger partial charge on any atom is 0.417 e. The Balaban J connectivity index is 3.47. The largest absolute Gasteiger partial charge is 0.417 e. The zero-order chi connectivity index (χ0) is 11.6. The molecule has 0 unspecified atom stereocenters. The van der Waals surface area contributed by atoms with Crippen molar-refractivity contribution in [2.45, 2.75) is 6.18 Å². The lowest BCUT2D eigenvalue weighted by molar-refractivity contribution is -0.137. The molecule has 0 saturated heterocycles. The van der Waals surface area contributed by atoms with Crippen molar-refractivity contribution >= 4 is 17.8 Å². The molecule has 0 saturated carbocycles. The van der Waals surface area contributed by atoms with E-state index in [0.717, 1.165) is 6.07 Å². The molecule has 0 atom stereocenters. The van der Waals surface area contributed by atoms with E-state index < -0.39 is 28.1 Å². The van der Waals surface area contributed by atoms with Crippen LogP contribution in [-0.4, -0.2) is 6.21 Å². The standard InChI is InChI=1S/C8H5ClF4N2/c9-6-2-1-5(8(11,12)13)4(3-15-14)7(6)10/h1-3H,14H2. The van der Waals surface area contributed by atoms with Crippen molar-refractivity contribution in [1.82, 2.24) is 0 Å². The summed E-state index contributed by atoms with van der Waals surface area (Å²) in [6.45, 7) is 0. The molecule has 0 fully saturated rings. The van der Waals surface area contributed by atoms with Gasteiger partial charge in [0.15, 0.2) is 5.82 Å². The van der Waals surface area contributed by atoms with Crippen molar-refractivity contribution in [3.05, 3.63) is 34.1 Å². The van der Waals surface area contributed by atoms with E-state index in [1.165, 1.54) is 0 Å². The molecule has 0 aliphatic rings. The highest BCUT2D eigenvalue weighted by Gasteiger charge is 2.34. The van der Waals surface area contributed by atoms with Gasteiger partial charge in [0.25, 0.3) is 0 Å². The number of hydrogen-bond donors (Lipinski definition) is 1. The lowest BCUT2D eigenvalue weighted by Crippen LogP contribution is -2.11. The second kappa shape index (κ2) is 4.06. The van der Waals surface area contributed by atoms with E-state index in [-0.39, 0.29) is 0 Å². The minimum atomic E-state index is -4.68. The highest BCUT2D eigenvalue weighted by atomic mass is 35.5. The Bertz CT molecular complexity index is 400. The maximum atomic E-state index is 13.2. The third-order valence-electron chi connectivity index (χ3n) is 1.64. The van der Waals surface area contributed by atoms with Crippen molar-refractivity contribution in [3.8, 4) is 0 Å². The number of alkyl halides is 3. The third kappa shape index (κ3) is 2.38. The predicted molar refractivity (Wildman–Crippen MR) is 48.2 cm³/mol. The lowest BCUT2D eigenvalue weighted by atomic mass is 10.1. The minimum absolute atomic E-state index is 0.419. The van der Waals surface area contributed by atoms with Crippen molar-refractivity contribution in [1.29, 1.82) is 0 Å². The average Bonchev–Trinajstić information content (AvgIpc) is 2.11. The molecular weight excluding hydrogens is 236 g/mol. The molecule has 1 aromatic rings. The van der Waals surface area contributed by atoms with Gasteiger partial charge in [-0.1, -0.05) is 11.6 Å². The summed E-state index contributed by atoms with van der Waals surface area (Å²) in [6.07, 6.45) is -4.11. The van der Waals surface area contributed by atoms with E-state index in [9.17, 15) is 17.6 Å². The van der Waals surface area contributed by atoms with Crippen LogP contribution in [0.5, 0.6) is 0 Å². The molecule has 0 aromatic heterocycles. The molecule has 1 aromatic carbocycles. The van der Waals surface area contributed by atoms with Crippen LogP contribution in [0.15, 0.2) is 17.2 Å². The molecular formula is C8H5ClF4N2. The molecule has 0 radical (unpaired) electrons. The highest BCUT2D eigenvalue weighted by molar-refractivity contribution is 6.31. The molecule has 15 heavy (non-hydrogen) atoms. The van der Waals surface area contributed by atoms with Gasteiger partial charge < -0.3 is 5.84 Å². The summed E-state index contributed by atoms with van der Waals surface area (Å²) in [5, 5.41) is 2.44. The Morgan fingerprint density at radius 3 is 2.40 bits per heavy atom. The monoisotopic (exact) mass is 240 g/mol. The normalized spacial score (nSPS) is 12.3. The van der Waals surface area contributed by atoms with Gasteiger partial charge in [0.05, 0.1) is 16.8 Å². The minimum Gasteiger partial charge on any atom is -0.323 e. The fourth-order valence-electron chi connectivity index (χ4n) is 1.01. The van der Waals surface area contributed by atoms with E-state index >= 15 is 0 Å². The maximum absolute atomic E-state index is 13.2. The fraction of sp³-hybridized carbons (Fsp3) is 0.125. The number of halogens is 5. The molecule has 7 heteroatoms. The molecule has 0 aliphatic heterocycles.